The zero-order chi connectivity index (χ0) is 18.5. The maximum Gasteiger partial charge on any atom is 0.228 e. The Morgan fingerprint density at radius 3 is 2.77 bits per heavy atom. The summed E-state index contributed by atoms with van der Waals surface area (Å²) in [5.41, 5.74) is 1.91. The SMILES string of the molecule is CCCc1sc(NC(=O)C[C@@H]2CCC(=O)N2)nc1-c1ccc(OC)cc1. The minimum absolute atomic E-state index is 0.0177. The molecule has 2 aromatic rings. The highest BCUT2D eigenvalue weighted by Gasteiger charge is 2.24. The molecule has 2 heterocycles. The number of carbonyl (C=O) groups is 2. The quantitative estimate of drug-likeness (QED) is 0.780. The number of amides is 2. The molecule has 0 radical (unpaired) electrons. The number of nitrogens with one attached hydrogen (secondary N) is 2. The van der Waals surface area contributed by atoms with Gasteiger partial charge in [0.25, 0.3) is 0 Å². The van der Waals surface area contributed by atoms with Crippen molar-refractivity contribution in [3.63, 3.8) is 0 Å². The fourth-order valence-electron chi connectivity index (χ4n) is 3.00. The van der Waals surface area contributed by atoms with Gasteiger partial charge in [0.1, 0.15) is 5.75 Å². The highest BCUT2D eigenvalue weighted by molar-refractivity contribution is 7.16. The maximum absolute atomic E-state index is 12.3. The van der Waals surface area contributed by atoms with Crippen molar-refractivity contribution >= 4 is 28.3 Å². The van der Waals surface area contributed by atoms with Gasteiger partial charge in [-0.2, -0.15) is 0 Å². The minimum atomic E-state index is -0.115. The number of hydrogen-bond acceptors (Lipinski definition) is 5. The average Bonchev–Trinajstić information content (AvgIpc) is 3.21. The Labute approximate surface area is 157 Å². The van der Waals surface area contributed by atoms with Crippen molar-refractivity contribution in [1.29, 1.82) is 0 Å². The number of thiazole rings is 1. The van der Waals surface area contributed by atoms with Crippen LogP contribution in [0, 0.1) is 0 Å². The first-order valence-corrected chi connectivity index (χ1v) is 9.64. The maximum atomic E-state index is 12.3. The Morgan fingerprint density at radius 1 is 1.38 bits per heavy atom. The van der Waals surface area contributed by atoms with Gasteiger partial charge in [-0.05, 0) is 37.1 Å². The van der Waals surface area contributed by atoms with E-state index < -0.39 is 0 Å². The summed E-state index contributed by atoms with van der Waals surface area (Å²) in [4.78, 5) is 29.3. The van der Waals surface area contributed by atoms with Gasteiger partial charge in [0.2, 0.25) is 11.8 Å². The Kier molecular flexibility index (Phi) is 5.88. The molecule has 138 valence electrons. The van der Waals surface area contributed by atoms with Crippen molar-refractivity contribution in [3.05, 3.63) is 29.1 Å². The second kappa shape index (κ2) is 8.31. The second-order valence-electron chi connectivity index (χ2n) is 6.32. The van der Waals surface area contributed by atoms with Gasteiger partial charge < -0.3 is 15.4 Å². The van der Waals surface area contributed by atoms with E-state index >= 15 is 0 Å². The van der Waals surface area contributed by atoms with E-state index in [0.29, 0.717) is 18.0 Å². The van der Waals surface area contributed by atoms with Crippen LogP contribution in [-0.4, -0.2) is 29.9 Å². The third kappa shape index (κ3) is 4.40. The number of ether oxygens (including phenoxy) is 1. The van der Waals surface area contributed by atoms with Crippen molar-refractivity contribution in [3.8, 4) is 17.0 Å². The summed E-state index contributed by atoms with van der Waals surface area (Å²) in [6.45, 7) is 2.12. The summed E-state index contributed by atoms with van der Waals surface area (Å²) in [5, 5.41) is 6.31. The molecule has 2 N–H and O–H groups in total. The lowest BCUT2D eigenvalue weighted by atomic mass is 10.1. The highest BCUT2D eigenvalue weighted by atomic mass is 32.1. The smallest absolute Gasteiger partial charge is 0.228 e. The summed E-state index contributed by atoms with van der Waals surface area (Å²) in [7, 11) is 1.64. The van der Waals surface area contributed by atoms with Gasteiger partial charge in [0.05, 0.1) is 12.8 Å². The van der Waals surface area contributed by atoms with Crippen LogP contribution in [0.3, 0.4) is 0 Å². The lowest BCUT2D eigenvalue weighted by Crippen LogP contribution is -2.29. The van der Waals surface area contributed by atoms with Crippen molar-refractivity contribution in [1.82, 2.24) is 10.3 Å². The Hall–Kier alpha value is -2.41. The van der Waals surface area contributed by atoms with E-state index in [9.17, 15) is 9.59 Å². The van der Waals surface area contributed by atoms with Gasteiger partial charge in [-0.1, -0.05) is 13.3 Å². The van der Waals surface area contributed by atoms with E-state index in [1.807, 2.05) is 24.3 Å². The number of hydrogen-bond donors (Lipinski definition) is 2. The summed E-state index contributed by atoms with van der Waals surface area (Å²) < 4.78 is 5.21. The molecular weight excluding hydrogens is 350 g/mol. The topological polar surface area (TPSA) is 80.3 Å². The number of anilines is 1. The molecule has 1 aliphatic heterocycles. The van der Waals surface area contributed by atoms with Crippen LogP contribution in [0.2, 0.25) is 0 Å². The van der Waals surface area contributed by atoms with Crippen molar-refractivity contribution in [2.75, 3.05) is 12.4 Å². The number of methoxy groups -OCH3 is 1. The predicted octanol–water partition coefficient (Wildman–Crippen LogP) is 3.38. The van der Waals surface area contributed by atoms with Crippen LogP contribution in [0.4, 0.5) is 5.13 Å². The molecule has 1 atom stereocenters. The summed E-state index contributed by atoms with van der Waals surface area (Å²) in [6, 6.07) is 7.70. The number of rotatable bonds is 7. The van der Waals surface area contributed by atoms with Crippen LogP contribution in [-0.2, 0) is 16.0 Å². The number of carbonyl (C=O) groups excluding carboxylic acids is 2. The fourth-order valence-corrected chi connectivity index (χ4v) is 4.10. The van der Waals surface area contributed by atoms with Crippen molar-refractivity contribution < 1.29 is 14.3 Å². The van der Waals surface area contributed by atoms with Crippen LogP contribution >= 0.6 is 11.3 Å². The molecule has 0 unspecified atom stereocenters. The number of benzene rings is 1. The Morgan fingerprint density at radius 2 is 2.15 bits per heavy atom. The van der Waals surface area contributed by atoms with Crippen molar-refractivity contribution in [2.24, 2.45) is 0 Å². The molecule has 26 heavy (non-hydrogen) atoms. The van der Waals surface area contributed by atoms with E-state index in [1.54, 1.807) is 7.11 Å². The summed E-state index contributed by atoms with van der Waals surface area (Å²) in [6.07, 6.45) is 3.41. The molecule has 0 bridgehead atoms. The molecule has 1 aromatic carbocycles. The number of aryl methyl sites for hydroxylation is 1. The molecule has 1 saturated heterocycles. The molecule has 2 amide bonds. The Balaban J connectivity index is 1.73. The molecule has 0 aliphatic carbocycles. The summed E-state index contributed by atoms with van der Waals surface area (Å²) >= 11 is 1.51. The van der Waals surface area contributed by atoms with Crippen LogP contribution in [0.15, 0.2) is 24.3 Å². The van der Waals surface area contributed by atoms with Gasteiger partial charge in [-0.25, -0.2) is 4.98 Å². The molecule has 3 rings (SSSR count). The number of nitrogens with zero attached hydrogens (tertiary/aromatic N) is 1. The minimum Gasteiger partial charge on any atom is -0.497 e. The van der Waals surface area contributed by atoms with Gasteiger partial charge in [0, 0.05) is 29.3 Å². The molecule has 6 nitrogen and oxygen atoms in total. The largest absolute Gasteiger partial charge is 0.497 e. The lowest BCUT2D eigenvalue weighted by molar-refractivity contribution is -0.119. The van der Waals surface area contributed by atoms with Gasteiger partial charge >= 0.3 is 0 Å². The first-order valence-electron chi connectivity index (χ1n) is 8.82. The molecule has 0 spiro atoms. The normalized spacial score (nSPS) is 16.4. The monoisotopic (exact) mass is 373 g/mol. The third-order valence-electron chi connectivity index (χ3n) is 4.30. The van der Waals surface area contributed by atoms with E-state index in [1.165, 1.54) is 11.3 Å². The van der Waals surface area contributed by atoms with E-state index in [4.69, 9.17) is 4.74 Å². The molecule has 7 heteroatoms. The zero-order valence-electron chi connectivity index (χ0n) is 15.0. The van der Waals surface area contributed by atoms with Crippen LogP contribution in [0.25, 0.3) is 11.3 Å². The molecule has 1 fully saturated rings. The third-order valence-corrected chi connectivity index (χ3v) is 5.33. The lowest BCUT2D eigenvalue weighted by Gasteiger charge is -2.08. The van der Waals surface area contributed by atoms with Crippen LogP contribution in [0.1, 0.15) is 37.5 Å². The first kappa shape index (κ1) is 18.4. The predicted molar refractivity (Wildman–Crippen MR) is 103 cm³/mol. The fraction of sp³-hybridized carbons (Fsp3) is 0.421. The standard InChI is InChI=1S/C19H23N3O3S/c1-3-4-15-18(12-5-8-14(25-2)9-6-12)22-19(26-15)21-17(24)11-13-7-10-16(23)20-13/h5-6,8-9,13H,3-4,7,10-11H2,1-2H3,(H,20,23)(H,21,22,24)/t13-/m0/s1. The van der Waals surface area contributed by atoms with Gasteiger partial charge in [0.15, 0.2) is 5.13 Å². The zero-order valence-corrected chi connectivity index (χ0v) is 15.8. The van der Waals surface area contributed by atoms with Gasteiger partial charge in [-0.15, -0.1) is 11.3 Å². The van der Waals surface area contributed by atoms with Crippen molar-refractivity contribution in [2.45, 2.75) is 45.1 Å². The van der Waals surface area contributed by atoms with E-state index in [-0.39, 0.29) is 24.3 Å². The van der Waals surface area contributed by atoms with Crippen LogP contribution in [0.5, 0.6) is 5.75 Å². The molecule has 0 saturated carbocycles. The second-order valence-corrected chi connectivity index (χ2v) is 7.41. The average molecular weight is 373 g/mol. The Bertz CT molecular complexity index is 786. The van der Waals surface area contributed by atoms with Gasteiger partial charge in [-0.3, -0.25) is 9.59 Å². The molecule has 1 aliphatic rings. The summed E-state index contributed by atoms with van der Waals surface area (Å²) in [5.74, 6) is 0.701. The molecule has 1 aromatic heterocycles. The van der Waals surface area contributed by atoms with E-state index in [2.05, 4.69) is 22.5 Å². The first-order chi connectivity index (χ1) is 12.6. The molecular formula is C19H23N3O3S. The number of aromatic nitrogens is 1. The highest BCUT2D eigenvalue weighted by Crippen LogP contribution is 2.33. The van der Waals surface area contributed by atoms with Crippen LogP contribution < -0.4 is 15.4 Å². The van der Waals surface area contributed by atoms with E-state index in [0.717, 1.165) is 34.7 Å².